The van der Waals surface area contributed by atoms with Crippen molar-refractivity contribution in [3.8, 4) is 0 Å². The summed E-state index contributed by atoms with van der Waals surface area (Å²) in [5, 5.41) is 0. The van der Waals surface area contributed by atoms with Gasteiger partial charge in [0.2, 0.25) is 0 Å². The smallest absolute Gasteiger partial charge is 0.332 e. The van der Waals surface area contributed by atoms with E-state index < -0.39 is 24.8 Å². The van der Waals surface area contributed by atoms with Crippen LogP contribution in [0.3, 0.4) is 0 Å². The van der Waals surface area contributed by atoms with E-state index in [0.717, 1.165) is 0 Å². The minimum absolute atomic E-state index is 0.155. The first-order chi connectivity index (χ1) is 6.06. The van der Waals surface area contributed by atoms with Crippen LogP contribution in [0.1, 0.15) is 13.3 Å². The highest BCUT2D eigenvalue weighted by molar-refractivity contribution is 4.85. The second kappa shape index (κ2) is 3.92. The highest BCUT2D eigenvalue weighted by Gasteiger charge is 2.74. The van der Waals surface area contributed by atoms with E-state index in [2.05, 4.69) is 4.74 Å². The van der Waals surface area contributed by atoms with Gasteiger partial charge >= 0.3 is 18.2 Å². The Kier molecular flexibility index (Phi) is 3.77. The Labute approximate surface area is 74.8 Å². The predicted molar refractivity (Wildman–Crippen MR) is 32.2 cm³/mol. The topological polar surface area (TPSA) is 9.23 Å². The highest BCUT2D eigenvalue weighted by atomic mass is 19.4. The largest absolute Gasteiger partial charge is 0.458 e. The molecule has 0 aliphatic carbocycles. The van der Waals surface area contributed by atoms with Crippen LogP contribution in [0.2, 0.25) is 0 Å². The molecule has 14 heavy (non-hydrogen) atoms. The summed E-state index contributed by atoms with van der Waals surface area (Å²) in [5.41, 5.74) is 0. The maximum absolute atomic E-state index is 12.5. The van der Waals surface area contributed by atoms with Crippen molar-refractivity contribution in [3.05, 3.63) is 0 Å². The van der Waals surface area contributed by atoms with E-state index in [4.69, 9.17) is 0 Å². The van der Waals surface area contributed by atoms with Crippen LogP contribution in [0.25, 0.3) is 0 Å². The lowest BCUT2D eigenvalue weighted by molar-refractivity contribution is -0.429. The fraction of sp³-hybridized carbons (Fsp3) is 1.00. The molecule has 0 rings (SSSR count). The van der Waals surface area contributed by atoms with Crippen molar-refractivity contribution in [2.45, 2.75) is 31.6 Å². The van der Waals surface area contributed by atoms with Gasteiger partial charge in [0.25, 0.3) is 0 Å². The molecule has 0 fully saturated rings. The molecule has 0 aromatic carbocycles. The molecule has 0 aliphatic heterocycles. The first-order valence-electron chi connectivity index (χ1n) is 3.52. The Bertz CT molecular complexity index is 168. The van der Waals surface area contributed by atoms with E-state index in [1.165, 1.54) is 6.92 Å². The molecule has 1 nitrogen and oxygen atoms in total. The fourth-order valence-electron chi connectivity index (χ4n) is 0.567. The van der Waals surface area contributed by atoms with Gasteiger partial charge in [-0.1, -0.05) is 6.92 Å². The number of alkyl halides is 7. The zero-order valence-corrected chi connectivity index (χ0v) is 6.97. The lowest BCUT2D eigenvalue weighted by atomic mass is 10.3. The van der Waals surface area contributed by atoms with Crippen molar-refractivity contribution in [2.75, 3.05) is 6.61 Å². The highest BCUT2D eigenvalue weighted by Crippen LogP contribution is 2.46. The van der Waals surface area contributed by atoms with Crippen molar-refractivity contribution in [1.82, 2.24) is 0 Å². The zero-order chi connectivity index (χ0) is 11.6. The van der Waals surface area contributed by atoms with E-state index in [1.54, 1.807) is 0 Å². The van der Waals surface area contributed by atoms with Crippen molar-refractivity contribution in [2.24, 2.45) is 0 Å². The van der Waals surface area contributed by atoms with Gasteiger partial charge in [0.1, 0.15) is 0 Å². The number of ether oxygens (including phenoxy) is 1. The molecule has 0 amide bonds. The standard InChI is InChI=1S/C6H7F7O/c1-2-3-14-4(7,5(8,9)10)6(11,12)13/h2-3H2,1H3. The molecular formula is C6H7F7O. The van der Waals surface area contributed by atoms with Crippen LogP contribution in [0, 0.1) is 0 Å². The third-order valence-electron chi connectivity index (χ3n) is 1.23. The summed E-state index contributed by atoms with van der Waals surface area (Å²) in [6.07, 6.45) is -12.4. The molecule has 0 heterocycles. The van der Waals surface area contributed by atoms with Crippen molar-refractivity contribution < 1.29 is 35.5 Å². The average Bonchev–Trinajstić information content (AvgIpc) is 1.95. The molecule has 0 aromatic rings. The number of rotatable bonds is 3. The van der Waals surface area contributed by atoms with Gasteiger partial charge in [0, 0.05) is 0 Å². The van der Waals surface area contributed by atoms with Gasteiger partial charge in [0.05, 0.1) is 6.61 Å². The van der Waals surface area contributed by atoms with Crippen LogP contribution >= 0.6 is 0 Å². The average molecular weight is 228 g/mol. The molecule has 0 unspecified atom stereocenters. The summed E-state index contributed by atoms with van der Waals surface area (Å²) in [6, 6.07) is 0. The zero-order valence-electron chi connectivity index (χ0n) is 6.97. The van der Waals surface area contributed by atoms with Gasteiger partial charge in [-0.15, -0.1) is 0 Å². The summed E-state index contributed by atoms with van der Waals surface area (Å²) < 4.78 is 85.9. The molecule has 0 radical (unpaired) electrons. The van der Waals surface area contributed by atoms with Crippen molar-refractivity contribution in [1.29, 1.82) is 0 Å². The van der Waals surface area contributed by atoms with Crippen LogP contribution in [0.4, 0.5) is 30.7 Å². The first-order valence-corrected chi connectivity index (χ1v) is 3.52. The molecule has 0 aromatic heterocycles. The second-order valence-corrected chi connectivity index (χ2v) is 2.44. The maximum atomic E-state index is 12.5. The van der Waals surface area contributed by atoms with E-state index in [-0.39, 0.29) is 6.42 Å². The Morgan fingerprint density at radius 2 is 1.21 bits per heavy atom. The molecule has 86 valence electrons. The van der Waals surface area contributed by atoms with E-state index in [9.17, 15) is 30.7 Å². The SMILES string of the molecule is CCCOC(F)(C(F)(F)F)C(F)(F)F. The fourth-order valence-corrected chi connectivity index (χ4v) is 0.567. The summed E-state index contributed by atoms with van der Waals surface area (Å²) in [7, 11) is 0. The van der Waals surface area contributed by atoms with Gasteiger partial charge in [-0.2, -0.15) is 30.7 Å². The van der Waals surface area contributed by atoms with Crippen LogP contribution in [-0.4, -0.2) is 24.8 Å². The van der Waals surface area contributed by atoms with Gasteiger partial charge < -0.3 is 4.74 Å². The summed E-state index contributed by atoms with van der Waals surface area (Å²) >= 11 is 0. The van der Waals surface area contributed by atoms with E-state index in [1.807, 2.05) is 0 Å². The molecule has 0 saturated carbocycles. The third-order valence-corrected chi connectivity index (χ3v) is 1.23. The summed E-state index contributed by atoms with van der Waals surface area (Å²) in [5.74, 6) is -5.57. The Morgan fingerprint density at radius 3 is 1.43 bits per heavy atom. The van der Waals surface area contributed by atoms with E-state index in [0.29, 0.717) is 0 Å². The molecule has 8 heteroatoms. The first kappa shape index (κ1) is 13.5. The molecule has 0 bridgehead atoms. The maximum Gasteiger partial charge on any atom is 0.458 e. The Hall–Kier alpha value is -0.530. The van der Waals surface area contributed by atoms with Crippen molar-refractivity contribution in [3.63, 3.8) is 0 Å². The Morgan fingerprint density at radius 1 is 0.857 bits per heavy atom. The third kappa shape index (κ3) is 2.49. The van der Waals surface area contributed by atoms with Crippen LogP contribution in [0.15, 0.2) is 0 Å². The lowest BCUT2D eigenvalue weighted by Gasteiger charge is -2.29. The molecule has 0 N–H and O–H groups in total. The normalized spacial score (nSPS) is 14.6. The van der Waals surface area contributed by atoms with Crippen LogP contribution < -0.4 is 0 Å². The van der Waals surface area contributed by atoms with Crippen molar-refractivity contribution >= 4 is 0 Å². The Balaban J connectivity index is 4.87. The minimum atomic E-state index is -6.12. The second-order valence-electron chi connectivity index (χ2n) is 2.44. The molecule has 0 spiro atoms. The summed E-state index contributed by atoms with van der Waals surface area (Å²) in [6.45, 7) is 0.294. The van der Waals surface area contributed by atoms with Crippen LogP contribution in [0.5, 0.6) is 0 Å². The van der Waals surface area contributed by atoms with Gasteiger partial charge in [0.15, 0.2) is 0 Å². The predicted octanol–water partition coefficient (Wildman–Crippen LogP) is 3.20. The molecular weight excluding hydrogens is 221 g/mol. The molecule has 0 atom stereocenters. The molecule has 0 aliphatic rings. The number of hydrogen-bond acceptors (Lipinski definition) is 1. The van der Waals surface area contributed by atoms with Gasteiger partial charge in [-0.25, -0.2) is 0 Å². The summed E-state index contributed by atoms with van der Waals surface area (Å²) in [4.78, 5) is 0. The minimum Gasteiger partial charge on any atom is -0.332 e. The van der Waals surface area contributed by atoms with Crippen LogP contribution in [-0.2, 0) is 4.74 Å². The number of hydrogen-bond donors (Lipinski definition) is 0. The molecule has 0 saturated heterocycles. The quantitative estimate of drug-likeness (QED) is 0.674. The van der Waals surface area contributed by atoms with Gasteiger partial charge in [-0.3, -0.25) is 0 Å². The lowest BCUT2D eigenvalue weighted by Crippen LogP contribution is -2.55. The monoisotopic (exact) mass is 228 g/mol. The van der Waals surface area contributed by atoms with Gasteiger partial charge in [-0.05, 0) is 6.42 Å². The van der Waals surface area contributed by atoms with E-state index >= 15 is 0 Å². The number of halogens is 7.